The summed E-state index contributed by atoms with van der Waals surface area (Å²) >= 11 is 4.68. The number of hydrogen-bond donors (Lipinski definition) is 1. The number of benzene rings is 1. The largest absolute Gasteiger partial charge is 0.497 e. The van der Waals surface area contributed by atoms with Crippen molar-refractivity contribution in [2.24, 2.45) is 0 Å². The van der Waals surface area contributed by atoms with Gasteiger partial charge < -0.3 is 9.84 Å². The van der Waals surface area contributed by atoms with E-state index in [-0.39, 0.29) is 5.69 Å². The molecular weight excluding hydrogens is 306 g/mol. The average molecular weight is 314 g/mol. The van der Waals surface area contributed by atoms with Crippen molar-refractivity contribution in [3.63, 3.8) is 0 Å². The molecule has 1 aromatic heterocycles. The van der Waals surface area contributed by atoms with Gasteiger partial charge in [-0.25, -0.2) is 9.78 Å². The summed E-state index contributed by atoms with van der Waals surface area (Å²) in [7, 11) is 1.57. The van der Waals surface area contributed by atoms with Crippen molar-refractivity contribution in [3.05, 3.63) is 33.9 Å². The number of nitrogens with zero attached hydrogens (tertiary/aromatic N) is 1. The van der Waals surface area contributed by atoms with Gasteiger partial charge in [0.15, 0.2) is 5.69 Å². The van der Waals surface area contributed by atoms with Crippen LogP contribution in [0.3, 0.4) is 0 Å². The predicted molar refractivity (Wildman–Crippen MR) is 68.8 cm³/mol. The van der Waals surface area contributed by atoms with Crippen LogP contribution >= 0.6 is 27.3 Å². The third-order valence-electron chi connectivity index (χ3n) is 2.19. The van der Waals surface area contributed by atoms with Crippen LogP contribution in [0.5, 0.6) is 5.75 Å². The molecule has 0 bridgehead atoms. The van der Waals surface area contributed by atoms with Crippen LogP contribution in [0.1, 0.15) is 10.5 Å². The Kier molecular flexibility index (Phi) is 3.44. The molecule has 0 aliphatic carbocycles. The summed E-state index contributed by atoms with van der Waals surface area (Å²) in [5.74, 6) is -0.357. The molecule has 0 fully saturated rings. The molecule has 0 aliphatic heterocycles. The maximum atomic E-state index is 11.0. The SMILES string of the molecule is COc1ccc(Br)c(-c2scnc2C(=O)O)c1. The Labute approximate surface area is 110 Å². The Bertz CT molecular complexity index is 568. The van der Waals surface area contributed by atoms with Crippen LogP contribution in [0, 0.1) is 0 Å². The van der Waals surface area contributed by atoms with Gasteiger partial charge in [0.25, 0.3) is 0 Å². The van der Waals surface area contributed by atoms with Gasteiger partial charge in [-0.15, -0.1) is 11.3 Å². The van der Waals surface area contributed by atoms with Gasteiger partial charge in [0.1, 0.15) is 5.75 Å². The number of carboxylic acids is 1. The minimum atomic E-state index is -1.03. The molecule has 17 heavy (non-hydrogen) atoms. The molecule has 1 aromatic carbocycles. The van der Waals surface area contributed by atoms with Crippen LogP contribution in [-0.4, -0.2) is 23.2 Å². The number of aromatic nitrogens is 1. The van der Waals surface area contributed by atoms with Gasteiger partial charge in [0.05, 0.1) is 17.5 Å². The minimum Gasteiger partial charge on any atom is -0.497 e. The highest BCUT2D eigenvalue weighted by molar-refractivity contribution is 9.10. The molecule has 2 rings (SSSR count). The molecule has 2 aromatic rings. The van der Waals surface area contributed by atoms with Crippen molar-refractivity contribution in [2.45, 2.75) is 0 Å². The Morgan fingerprint density at radius 2 is 2.29 bits per heavy atom. The molecule has 1 N–H and O–H groups in total. The first-order valence-electron chi connectivity index (χ1n) is 4.64. The summed E-state index contributed by atoms with van der Waals surface area (Å²) in [6.45, 7) is 0. The second-order valence-corrected chi connectivity index (χ2v) is 4.89. The van der Waals surface area contributed by atoms with E-state index in [1.54, 1.807) is 19.2 Å². The number of rotatable bonds is 3. The van der Waals surface area contributed by atoms with E-state index in [0.717, 1.165) is 10.0 Å². The van der Waals surface area contributed by atoms with Crippen LogP contribution in [0.25, 0.3) is 10.4 Å². The summed E-state index contributed by atoms with van der Waals surface area (Å²) in [5.41, 5.74) is 2.35. The number of halogens is 1. The van der Waals surface area contributed by atoms with E-state index in [4.69, 9.17) is 9.84 Å². The second-order valence-electron chi connectivity index (χ2n) is 3.18. The van der Waals surface area contributed by atoms with Crippen molar-refractivity contribution >= 4 is 33.2 Å². The number of carboxylic acid groups (broad SMARTS) is 1. The molecular formula is C11H8BrNO3S. The van der Waals surface area contributed by atoms with Crippen LogP contribution in [-0.2, 0) is 0 Å². The highest BCUT2D eigenvalue weighted by Crippen LogP contribution is 2.36. The van der Waals surface area contributed by atoms with Gasteiger partial charge in [-0.3, -0.25) is 0 Å². The fourth-order valence-corrected chi connectivity index (χ4v) is 2.78. The zero-order valence-electron chi connectivity index (χ0n) is 8.81. The maximum Gasteiger partial charge on any atom is 0.356 e. The number of aromatic carboxylic acids is 1. The maximum absolute atomic E-state index is 11.0. The third kappa shape index (κ3) is 2.32. The van der Waals surface area contributed by atoms with Crippen molar-refractivity contribution in [2.75, 3.05) is 7.11 Å². The monoisotopic (exact) mass is 313 g/mol. The summed E-state index contributed by atoms with van der Waals surface area (Å²) in [5, 5.41) is 9.03. The molecule has 0 radical (unpaired) electrons. The fraction of sp³-hybridized carbons (Fsp3) is 0.0909. The van der Waals surface area contributed by atoms with E-state index < -0.39 is 5.97 Å². The predicted octanol–water partition coefficient (Wildman–Crippen LogP) is 3.28. The van der Waals surface area contributed by atoms with Gasteiger partial charge >= 0.3 is 5.97 Å². The van der Waals surface area contributed by atoms with Gasteiger partial charge in [0.2, 0.25) is 0 Å². The van der Waals surface area contributed by atoms with Gasteiger partial charge in [-0.1, -0.05) is 15.9 Å². The van der Waals surface area contributed by atoms with Crippen LogP contribution in [0.2, 0.25) is 0 Å². The van der Waals surface area contributed by atoms with E-state index in [9.17, 15) is 4.79 Å². The van der Waals surface area contributed by atoms with Gasteiger partial charge in [-0.05, 0) is 18.2 Å². The molecule has 0 unspecified atom stereocenters. The summed E-state index contributed by atoms with van der Waals surface area (Å²) in [6.07, 6.45) is 0. The van der Waals surface area contributed by atoms with Crippen molar-refractivity contribution in [3.8, 4) is 16.2 Å². The summed E-state index contributed by atoms with van der Waals surface area (Å²) < 4.78 is 5.93. The Morgan fingerprint density at radius 3 is 2.94 bits per heavy atom. The number of thiazole rings is 1. The lowest BCUT2D eigenvalue weighted by atomic mass is 10.1. The topological polar surface area (TPSA) is 59.4 Å². The molecule has 0 saturated heterocycles. The van der Waals surface area contributed by atoms with Crippen molar-refractivity contribution in [1.29, 1.82) is 0 Å². The van der Waals surface area contributed by atoms with Crippen LogP contribution in [0.4, 0.5) is 0 Å². The number of ether oxygens (including phenoxy) is 1. The van der Waals surface area contributed by atoms with E-state index in [1.165, 1.54) is 16.8 Å². The summed E-state index contributed by atoms with van der Waals surface area (Å²) in [6, 6.07) is 5.40. The van der Waals surface area contributed by atoms with Crippen LogP contribution < -0.4 is 4.74 Å². The van der Waals surface area contributed by atoms with Crippen LogP contribution in [0.15, 0.2) is 28.2 Å². The van der Waals surface area contributed by atoms with Gasteiger partial charge in [0, 0.05) is 10.0 Å². The number of methoxy groups -OCH3 is 1. The fourth-order valence-electron chi connectivity index (χ4n) is 1.39. The number of hydrogen-bond acceptors (Lipinski definition) is 4. The summed E-state index contributed by atoms with van der Waals surface area (Å²) in [4.78, 5) is 15.5. The Hall–Kier alpha value is -1.40. The zero-order valence-corrected chi connectivity index (χ0v) is 11.2. The van der Waals surface area contributed by atoms with E-state index in [0.29, 0.717) is 10.6 Å². The molecule has 6 heteroatoms. The lowest BCUT2D eigenvalue weighted by Gasteiger charge is -2.06. The van der Waals surface area contributed by atoms with E-state index >= 15 is 0 Å². The zero-order chi connectivity index (χ0) is 12.4. The van der Waals surface area contributed by atoms with E-state index in [2.05, 4.69) is 20.9 Å². The highest BCUT2D eigenvalue weighted by atomic mass is 79.9. The molecule has 88 valence electrons. The molecule has 0 aliphatic rings. The molecule has 1 heterocycles. The Balaban J connectivity index is 2.59. The molecule has 0 amide bonds. The quantitative estimate of drug-likeness (QED) is 0.944. The minimum absolute atomic E-state index is 0.0592. The molecule has 0 saturated carbocycles. The number of carbonyl (C=O) groups is 1. The lowest BCUT2D eigenvalue weighted by molar-refractivity contribution is 0.0692. The van der Waals surface area contributed by atoms with E-state index in [1.807, 2.05) is 6.07 Å². The Morgan fingerprint density at radius 1 is 1.53 bits per heavy atom. The standard InChI is InChI=1S/C11H8BrNO3S/c1-16-6-2-3-8(12)7(4-6)10-9(11(14)15)13-5-17-10/h2-5H,1H3,(H,14,15). The van der Waals surface area contributed by atoms with Gasteiger partial charge in [-0.2, -0.15) is 0 Å². The smallest absolute Gasteiger partial charge is 0.356 e. The van der Waals surface area contributed by atoms with Crippen molar-refractivity contribution in [1.82, 2.24) is 4.98 Å². The first kappa shape index (κ1) is 12.1. The molecule has 4 nitrogen and oxygen atoms in total. The average Bonchev–Trinajstić information content (AvgIpc) is 2.78. The normalized spacial score (nSPS) is 10.2. The lowest BCUT2D eigenvalue weighted by Crippen LogP contribution is -1.98. The highest BCUT2D eigenvalue weighted by Gasteiger charge is 2.17. The second kappa shape index (κ2) is 4.85. The van der Waals surface area contributed by atoms with Crippen molar-refractivity contribution < 1.29 is 14.6 Å². The third-order valence-corrected chi connectivity index (χ3v) is 3.74. The molecule has 0 spiro atoms. The molecule has 0 atom stereocenters. The first-order chi connectivity index (χ1) is 8.13. The first-order valence-corrected chi connectivity index (χ1v) is 6.31.